The molecule has 15 heavy (non-hydrogen) atoms. The van der Waals surface area contributed by atoms with Crippen molar-refractivity contribution < 1.29 is 5.11 Å². The number of hydrogen-bond acceptors (Lipinski definition) is 2. The Morgan fingerprint density at radius 2 is 1.87 bits per heavy atom. The summed E-state index contributed by atoms with van der Waals surface area (Å²) < 4.78 is 0. The van der Waals surface area contributed by atoms with Gasteiger partial charge >= 0.3 is 0 Å². The summed E-state index contributed by atoms with van der Waals surface area (Å²) in [5, 5.41) is 10.6. The van der Waals surface area contributed by atoms with Crippen LogP contribution in [0.2, 0.25) is 0 Å². The van der Waals surface area contributed by atoms with Gasteiger partial charge in [-0.05, 0) is 26.2 Å². The van der Waals surface area contributed by atoms with Crippen LogP contribution in [-0.2, 0) is 0 Å². The van der Waals surface area contributed by atoms with Gasteiger partial charge in [0.2, 0.25) is 0 Å². The van der Waals surface area contributed by atoms with E-state index in [4.69, 9.17) is 5.73 Å². The average molecular weight is 213 g/mol. The van der Waals surface area contributed by atoms with Crippen molar-refractivity contribution in [1.29, 1.82) is 0 Å². The van der Waals surface area contributed by atoms with Crippen LogP contribution < -0.4 is 5.73 Å². The van der Waals surface area contributed by atoms with E-state index in [0.717, 1.165) is 25.7 Å². The fourth-order valence-corrected chi connectivity index (χ4v) is 3.00. The summed E-state index contributed by atoms with van der Waals surface area (Å²) in [5.74, 6) is 0. The second-order valence-electron chi connectivity index (χ2n) is 5.42. The summed E-state index contributed by atoms with van der Waals surface area (Å²) in [5.41, 5.74) is 5.37. The van der Waals surface area contributed by atoms with Crippen molar-refractivity contribution in [3.8, 4) is 0 Å². The van der Waals surface area contributed by atoms with E-state index in [9.17, 15) is 5.11 Å². The van der Waals surface area contributed by atoms with Gasteiger partial charge in [0.1, 0.15) is 0 Å². The first-order valence-corrected chi connectivity index (χ1v) is 6.50. The van der Waals surface area contributed by atoms with Gasteiger partial charge in [-0.1, -0.05) is 39.0 Å². The van der Waals surface area contributed by atoms with Gasteiger partial charge in [-0.2, -0.15) is 0 Å². The lowest BCUT2D eigenvalue weighted by atomic mass is 9.69. The average Bonchev–Trinajstić information content (AvgIpc) is 2.67. The van der Waals surface area contributed by atoms with Crippen molar-refractivity contribution in [2.75, 3.05) is 6.54 Å². The molecule has 0 aromatic rings. The van der Waals surface area contributed by atoms with Gasteiger partial charge in [-0.15, -0.1) is 0 Å². The highest BCUT2D eigenvalue weighted by molar-refractivity contribution is 4.99. The molecule has 1 unspecified atom stereocenters. The molecular weight excluding hydrogens is 186 g/mol. The van der Waals surface area contributed by atoms with Crippen LogP contribution in [0.1, 0.15) is 65.2 Å². The summed E-state index contributed by atoms with van der Waals surface area (Å²) in [6, 6.07) is 0. The molecule has 90 valence electrons. The van der Waals surface area contributed by atoms with Gasteiger partial charge in [-0.25, -0.2) is 0 Å². The Morgan fingerprint density at radius 1 is 1.27 bits per heavy atom. The van der Waals surface area contributed by atoms with E-state index in [2.05, 4.69) is 6.92 Å². The van der Waals surface area contributed by atoms with Gasteiger partial charge in [-0.3, -0.25) is 0 Å². The maximum absolute atomic E-state index is 10.6. The minimum absolute atomic E-state index is 0.0146. The summed E-state index contributed by atoms with van der Waals surface area (Å²) in [6.45, 7) is 4.84. The van der Waals surface area contributed by atoms with Crippen molar-refractivity contribution in [3.63, 3.8) is 0 Å². The number of rotatable bonds is 6. The van der Waals surface area contributed by atoms with Crippen LogP contribution in [-0.4, -0.2) is 17.3 Å². The van der Waals surface area contributed by atoms with Gasteiger partial charge in [0.05, 0.1) is 5.60 Å². The Labute approximate surface area is 94.2 Å². The lowest BCUT2D eigenvalue weighted by Crippen LogP contribution is -2.49. The largest absolute Gasteiger partial charge is 0.390 e. The monoisotopic (exact) mass is 213 g/mol. The highest BCUT2D eigenvalue weighted by Crippen LogP contribution is 2.47. The van der Waals surface area contributed by atoms with Crippen LogP contribution in [0.3, 0.4) is 0 Å². The van der Waals surface area contributed by atoms with E-state index in [1.807, 2.05) is 6.92 Å². The third kappa shape index (κ3) is 2.73. The zero-order valence-corrected chi connectivity index (χ0v) is 10.4. The molecule has 3 N–H and O–H groups in total. The molecule has 1 fully saturated rings. The van der Waals surface area contributed by atoms with Crippen LogP contribution >= 0.6 is 0 Å². The van der Waals surface area contributed by atoms with Crippen LogP contribution in [0.25, 0.3) is 0 Å². The number of unbranched alkanes of at least 4 members (excludes halogenated alkanes) is 2. The fraction of sp³-hybridized carbons (Fsp3) is 1.00. The highest BCUT2D eigenvalue weighted by atomic mass is 16.3. The maximum Gasteiger partial charge on any atom is 0.0687 e. The molecule has 0 bridgehead atoms. The SMILES string of the molecule is CCCCCC(C)(O)C1(CN)CCCC1. The van der Waals surface area contributed by atoms with Crippen molar-refractivity contribution in [2.24, 2.45) is 11.1 Å². The summed E-state index contributed by atoms with van der Waals surface area (Å²) in [6.07, 6.45) is 9.18. The molecule has 1 saturated carbocycles. The quantitative estimate of drug-likeness (QED) is 0.666. The lowest BCUT2D eigenvalue weighted by Gasteiger charge is -2.42. The minimum atomic E-state index is -0.548. The number of nitrogens with two attached hydrogens (primary N) is 1. The summed E-state index contributed by atoms with van der Waals surface area (Å²) in [7, 11) is 0. The van der Waals surface area contributed by atoms with Crippen LogP contribution in [0.4, 0.5) is 0 Å². The zero-order valence-electron chi connectivity index (χ0n) is 10.4. The van der Waals surface area contributed by atoms with Crippen molar-refractivity contribution in [2.45, 2.75) is 70.8 Å². The molecule has 2 nitrogen and oxygen atoms in total. The molecule has 0 heterocycles. The standard InChI is InChI=1S/C13H27NO/c1-3-4-5-8-12(2,15)13(11-14)9-6-7-10-13/h15H,3-11,14H2,1-2H3. The molecule has 0 aromatic carbocycles. The van der Waals surface area contributed by atoms with Crippen molar-refractivity contribution >= 4 is 0 Å². The molecule has 1 aliphatic carbocycles. The summed E-state index contributed by atoms with van der Waals surface area (Å²) in [4.78, 5) is 0. The molecule has 0 aromatic heterocycles. The first-order chi connectivity index (χ1) is 7.08. The Kier molecular flexibility index (Phi) is 4.60. The van der Waals surface area contributed by atoms with Gasteiger partial charge in [0.25, 0.3) is 0 Å². The highest BCUT2D eigenvalue weighted by Gasteiger charge is 2.46. The van der Waals surface area contributed by atoms with Gasteiger partial charge < -0.3 is 10.8 Å². The third-order valence-electron chi connectivity index (χ3n) is 4.36. The predicted molar refractivity (Wildman–Crippen MR) is 64.7 cm³/mol. The lowest BCUT2D eigenvalue weighted by molar-refractivity contribution is -0.0707. The summed E-state index contributed by atoms with van der Waals surface area (Å²) >= 11 is 0. The van der Waals surface area contributed by atoms with Crippen molar-refractivity contribution in [3.05, 3.63) is 0 Å². The van der Waals surface area contributed by atoms with E-state index in [1.165, 1.54) is 25.7 Å². The van der Waals surface area contributed by atoms with E-state index >= 15 is 0 Å². The molecular formula is C13H27NO. The Balaban J connectivity index is 2.56. The number of aliphatic hydroxyl groups is 1. The molecule has 1 rings (SSSR count). The first kappa shape index (κ1) is 13.0. The second kappa shape index (κ2) is 5.31. The van der Waals surface area contributed by atoms with Crippen molar-refractivity contribution in [1.82, 2.24) is 0 Å². The second-order valence-corrected chi connectivity index (χ2v) is 5.42. The minimum Gasteiger partial charge on any atom is -0.390 e. The van der Waals surface area contributed by atoms with Crippen LogP contribution in [0.5, 0.6) is 0 Å². The molecule has 2 heteroatoms. The topological polar surface area (TPSA) is 46.2 Å². The first-order valence-electron chi connectivity index (χ1n) is 6.50. The molecule has 1 aliphatic rings. The molecule has 0 aliphatic heterocycles. The van der Waals surface area contributed by atoms with E-state index in [-0.39, 0.29) is 5.41 Å². The van der Waals surface area contributed by atoms with E-state index in [1.54, 1.807) is 0 Å². The van der Waals surface area contributed by atoms with Crippen LogP contribution in [0.15, 0.2) is 0 Å². The van der Waals surface area contributed by atoms with Gasteiger partial charge in [0, 0.05) is 12.0 Å². The normalized spacial score (nSPS) is 24.0. The third-order valence-corrected chi connectivity index (χ3v) is 4.36. The molecule has 0 amide bonds. The number of hydrogen-bond donors (Lipinski definition) is 2. The zero-order chi connectivity index (χ0) is 11.4. The van der Waals surface area contributed by atoms with Gasteiger partial charge in [0.15, 0.2) is 0 Å². The Morgan fingerprint density at radius 3 is 2.33 bits per heavy atom. The van der Waals surface area contributed by atoms with E-state index in [0.29, 0.717) is 6.54 Å². The Bertz CT molecular complexity index is 183. The fourth-order valence-electron chi connectivity index (χ4n) is 3.00. The predicted octanol–water partition coefficient (Wildman–Crippen LogP) is 2.84. The van der Waals surface area contributed by atoms with Crippen LogP contribution in [0, 0.1) is 5.41 Å². The Hall–Kier alpha value is -0.0800. The smallest absolute Gasteiger partial charge is 0.0687 e. The molecule has 0 saturated heterocycles. The van der Waals surface area contributed by atoms with E-state index < -0.39 is 5.60 Å². The molecule has 1 atom stereocenters. The molecule has 0 radical (unpaired) electrons. The molecule has 0 spiro atoms. The maximum atomic E-state index is 10.6.